The van der Waals surface area contributed by atoms with Crippen LogP contribution in [0.15, 0.2) is 41.1 Å². The Balaban J connectivity index is 2.19. The topological polar surface area (TPSA) is 17.8 Å². The fourth-order valence-corrected chi connectivity index (χ4v) is 3.37. The van der Waals surface area contributed by atoms with Gasteiger partial charge < -0.3 is 4.57 Å². The number of hydrogen-bond donors (Lipinski definition) is 0. The maximum absolute atomic E-state index is 13.7. The lowest BCUT2D eigenvalue weighted by Crippen LogP contribution is -2.08. The second-order valence-corrected chi connectivity index (χ2v) is 6.30. The molecular weight excluding hydrogens is 378 g/mol. The summed E-state index contributed by atoms with van der Waals surface area (Å²) in [6.07, 6.45) is 1.90. The highest BCUT2D eigenvalue weighted by atomic mass is 79.9. The van der Waals surface area contributed by atoms with Crippen LogP contribution in [0.5, 0.6) is 0 Å². The molecule has 108 valence electrons. The molecule has 0 spiro atoms. The van der Waals surface area contributed by atoms with Gasteiger partial charge in [-0.15, -0.1) is 0 Å². The van der Waals surface area contributed by atoms with E-state index in [-0.39, 0.29) is 11.1 Å². The number of fused-ring (bicyclic) bond motifs is 1. The maximum Gasteiger partial charge on any atom is 0.142 e. The van der Waals surface area contributed by atoms with E-state index in [0.717, 1.165) is 15.6 Å². The minimum absolute atomic E-state index is 0.0480. The van der Waals surface area contributed by atoms with Crippen LogP contribution in [0.25, 0.3) is 11.0 Å². The Morgan fingerprint density at radius 3 is 2.71 bits per heavy atom. The molecule has 2 nitrogen and oxygen atoms in total. The van der Waals surface area contributed by atoms with Crippen LogP contribution in [-0.4, -0.2) is 9.55 Å². The van der Waals surface area contributed by atoms with Crippen LogP contribution in [0.1, 0.15) is 18.5 Å². The number of hydrogen-bond acceptors (Lipinski definition) is 1. The van der Waals surface area contributed by atoms with Crippen molar-refractivity contribution in [3.8, 4) is 0 Å². The summed E-state index contributed by atoms with van der Waals surface area (Å²) in [4.78, 5) is 4.46. The monoisotopic (exact) mass is 386 g/mol. The van der Waals surface area contributed by atoms with Gasteiger partial charge in [-0.2, -0.15) is 0 Å². The first-order valence-electron chi connectivity index (χ1n) is 6.25. The zero-order chi connectivity index (χ0) is 15.1. The number of pyridine rings is 1. The lowest BCUT2D eigenvalue weighted by molar-refractivity contribution is 0.610. The standard InChI is InChI=1S/C15H10BrCl2FN2/c1-8(13-10(17)3-4-11(19)14(13)18)21-7-6-9-2-5-12(16)20-15(9)21/h2-8H,1H3/t8-/m1/s1. The minimum Gasteiger partial charge on any atom is -0.325 e. The molecule has 6 heteroatoms. The van der Waals surface area contributed by atoms with Gasteiger partial charge in [-0.1, -0.05) is 23.2 Å². The van der Waals surface area contributed by atoms with Gasteiger partial charge >= 0.3 is 0 Å². The predicted molar refractivity (Wildman–Crippen MR) is 87.7 cm³/mol. The molecule has 0 fully saturated rings. The fraction of sp³-hybridized carbons (Fsp3) is 0.133. The van der Waals surface area contributed by atoms with E-state index in [1.807, 2.05) is 35.9 Å². The summed E-state index contributed by atoms with van der Waals surface area (Å²) in [6.45, 7) is 1.91. The van der Waals surface area contributed by atoms with Gasteiger partial charge in [0.25, 0.3) is 0 Å². The van der Waals surface area contributed by atoms with Gasteiger partial charge in [-0.05, 0) is 53.2 Å². The van der Waals surface area contributed by atoms with Crippen molar-refractivity contribution in [2.45, 2.75) is 13.0 Å². The van der Waals surface area contributed by atoms with Crippen molar-refractivity contribution in [2.24, 2.45) is 0 Å². The second kappa shape index (κ2) is 5.59. The van der Waals surface area contributed by atoms with E-state index < -0.39 is 5.82 Å². The van der Waals surface area contributed by atoms with Crippen LogP contribution < -0.4 is 0 Å². The van der Waals surface area contributed by atoms with Crippen molar-refractivity contribution in [2.75, 3.05) is 0 Å². The second-order valence-electron chi connectivity index (χ2n) is 4.70. The number of rotatable bonds is 2. The summed E-state index contributed by atoms with van der Waals surface area (Å²) in [5.41, 5.74) is 1.34. The molecule has 0 aliphatic rings. The Labute approximate surface area is 139 Å². The SMILES string of the molecule is C[C@H](c1c(Cl)ccc(F)c1Cl)n1ccc2ccc(Br)nc21. The molecule has 0 aliphatic carbocycles. The molecule has 0 bridgehead atoms. The molecule has 3 rings (SSSR count). The number of aromatic nitrogens is 2. The van der Waals surface area contributed by atoms with Gasteiger partial charge in [0.1, 0.15) is 16.1 Å². The maximum atomic E-state index is 13.7. The van der Waals surface area contributed by atoms with E-state index in [9.17, 15) is 4.39 Å². The summed E-state index contributed by atoms with van der Waals surface area (Å²) in [7, 11) is 0. The Morgan fingerprint density at radius 2 is 1.95 bits per heavy atom. The smallest absolute Gasteiger partial charge is 0.142 e. The number of nitrogens with zero attached hydrogens (tertiary/aromatic N) is 2. The van der Waals surface area contributed by atoms with Crippen molar-refractivity contribution in [3.63, 3.8) is 0 Å². The van der Waals surface area contributed by atoms with Gasteiger partial charge in [-0.3, -0.25) is 0 Å². The molecule has 1 aromatic carbocycles. The van der Waals surface area contributed by atoms with Crippen molar-refractivity contribution in [1.29, 1.82) is 0 Å². The van der Waals surface area contributed by atoms with Crippen molar-refractivity contribution in [3.05, 3.63) is 62.6 Å². The Hall–Kier alpha value is -1.10. The van der Waals surface area contributed by atoms with Crippen molar-refractivity contribution >= 4 is 50.2 Å². The van der Waals surface area contributed by atoms with Crippen LogP contribution in [-0.2, 0) is 0 Å². The summed E-state index contributed by atoms with van der Waals surface area (Å²) in [5.74, 6) is -0.478. The van der Waals surface area contributed by atoms with Gasteiger partial charge in [0, 0.05) is 22.2 Å². The highest BCUT2D eigenvalue weighted by molar-refractivity contribution is 9.10. The van der Waals surface area contributed by atoms with E-state index in [0.29, 0.717) is 10.6 Å². The molecule has 1 atom stereocenters. The van der Waals surface area contributed by atoms with Gasteiger partial charge in [-0.25, -0.2) is 9.37 Å². The molecule has 0 saturated heterocycles. The first kappa shape index (κ1) is 14.8. The number of benzene rings is 1. The van der Waals surface area contributed by atoms with Gasteiger partial charge in [0.2, 0.25) is 0 Å². The van der Waals surface area contributed by atoms with Crippen molar-refractivity contribution < 1.29 is 4.39 Å². The number of halogens is 4. The summed E-state index contributed by atoms with van der Waals surface area (Å²) >= 11 is 15.7. The van der Waals surface area contributed by atoms with Crippen LogP contribution >= 0.6 is 39.1 Å². The molecule has 21 heavy (non-hydrogen) atoms. The highest BCUT2D eigenvalue weighted by Gasteiger charge is 2.20. The third-order valence-corrected chi connectivity index (χ3v) is 4.60. The minimum atomic E-state index is -0.478. The molecule has 0 aliphatic heterocycles. The third-order valence-electron chi connectivity index (χ3n) is 3.45. The average molecular weight is 388 g/mol. The fourth-order valence-electron chi connectivity index (χ4n) is 2.38. The van der Waals surface area contributed by atoms with Crippen molar-refractivity contribution in [1.82, 2.24) is 9.55 Å². The van der Waals surface area contributed by atoms with E-state index >= 15 is 0 Å². The normalized spacial score (nSPS) is 12.8. The molecule has 0 saturated carbocycles. The van der Waals surface area contributed by atoms with E-state index in [2.05, 4.69) is 20.9 Å². The van der Waals surface area contributed by atoms with E-state index in [1.165, 1.54) is 12.1 Å². The molecule has 3 aromatic rings. The van der Waals surface area contributed by atoms with Gasteiger partial charge in [0.05, 0.1) is 11.1 Å². The Bertz CT molecular complexity index is 832. The third kappa shape index (κ3) is 2.56. The van der Waals surface area contributed by atoms with Crippen LogP contribution in [0.2, 0.25) is 10.0 Å². The highest BCUT2D eigenvalue weighted by Crippen LogP contribution is 2.35. The summed E-state index contributed by atoms with van der Waals surface area (Å²) < 4.78 is 16.4. The summed E-state index contributed by atoms with van der Waals surface area (Å²) in [5, 5.41) is 1.48. The largest absolute Gasteiger partial charge is 0.325 e. The quantitative estimate of drug-likeness (QED) is 0.398. The first-order valence-corrected chi connectivity index (χ1v) is 7.80. The lowest BCUT2D eigenvalue weighted by Gasteiger charge is -2.18. The predicted octanol–water partition coefficient (Wildman–Crippen LogP) is 5.85. The lowest BCUT2D eigenvalue weighted by atomic mass is 10.1. The summed E-state index contributed by atoms with van der Waals surface area (Å²) in [6, 6.07) is 8.34. The molecule has 2 heterocycles. The molecule has 0 N–H and O–H groups in total. The zero-order valence-electron chi connectivity index (χ0n) is 10.9. The molecular formula is C15H10BrCl2FN2. The first-order chi connectivity index (χ1) is 9.99. The van der Waals surface area contributed by atoms with E-state index in [4.69, 9.17) is 23.2 Å². The van der Waals surface area contributed by atoms with Crippen LogP contribution in [0, 0.1) is 5.82 Å². The van der Waals surface area contributed by atoms with Crippen LogP contribution in [0.3, 0.4) is 0 Å². The average Bonchev–Trinajstić information content (AvgIpc) is 2.86. The molecule has 0 amide bonds. The van der Waals surface area contributed by atoms with Crippen LogP contribution in [0.4, 0.5) is 4.39 Å². The van der Waals surface area contributed by atoms with E-state index in [1.54, 1.807) is 0 Å². The van der Waals surface area contributed by atoms with Gasteiger partial charge in [0.15, 0.2) is 0 Å². The Morgan fingerprint density at radius 1 is 1.19 bits per heavy atom. The zero-order valence-corrected chi connectivity index (χ0v) is 14.0. The molecule has 0 radical (unpaired) electrons. The molecule has 0 unspecified atom stereocenters. The molecule has 2 aromatic heterocycles. The Kier molecular flexibility index (Phi) is 3.95.